The lowest BCUT2D eigenvalue weighted by Gasteiger charge is -2.15. The average molecular weight is 319 g/mol. The Labute approximate surface area is 135 Å². The summed E-state index contributed by atoms with van der Waals surface area (Å²) in [7, 11) is 4.82. The van der Waals surface area contributed by atoms with Crippen LogP contribution in [-0.2, 0) is 4.74 Å². The minimum absolute atomic E-state index is 0.418. The maximum absolute atomic E-state index is 6.10. The molecule has 2 rings (SSSR count). The van der Waals surface area contributed by atoms with Gasteiger partial charge in [-0.1, -0.05) is 0 Å². The van der Waals surface area contributed by atoms with Gasteiger partial charge in [-0.25, -0.2) is 9.97 Å². The lowest BCUT2D eigenvalue weighted by molar-refractivity contribution is 0.210. The lowest BCUT2D eigenvalue weighted by Crippen LogP contribution is -2.12. The highest BCUT2D eigenvalue weighted by molar-refractivity contribution is 5.79. The fraction of sp³-hybridized carbons (Fsp3) is 0.333. The molecular formula is C15H21N5O3. The summed E-state index contributed by atoms with van der Waals surface area (Å²) in [5, 5.41) is 6.24. The van der Waals surface area contributed by atoms with E-state index in [9.17, 15) is 0 Å². The Kier molecular flexibility index (Phi) is 5.81. The molecule has 0 saturated carbocycles. The third kappa shape index (κ3) is 4.13. The molecular weight excluding hydrogens is 298 g/mol. The summed E-state index contributed by atoms with van der Waals surface area (Å²) >= 11 is 0. The third-order valence-electron chi connectivity index (χ3n) is 3.14. The van der Waals surface area contributed by atoms with E-state index in [1.807, 2.05) is 12.1 Å². The fourth-order valence-electron chi connectivity index (χ4n) is 1.94. The minimum Gasteiger partial charge on any atom is -0.497 e. The molecule has 0 radical (unpaired) electrons. The van der Waals surface area contributed by atoms with Gasteiger partial charge in [-0.05, 0) is 12.1 Å². The van der Waals surface area contributed by atoms with Crippen molar-refractivity contribution in [3.63, 3.8) is 0 Å². The monoisotopic (exact) mass is 319 g/mol. The zero-order chi connectivity index (χ0) is 16.7. The molecule has 0 aliphatic rings. The van der Waals surface area contributed by atoms with Crippen LogP contribution in [0.2, 0.25) is 0 Å². The summed E-state index contributed by atoms with van der Waals surface area (Å²) in [6.07, 6.45) is 1.43. The molecule has 0 atom stereocenters. The van der Waals surface area contributed by atoms with Crippen molar-refractivity contribution in [2.24, 2.45) is 0 Å². The highest BCUT2D eigenvalue weighted by atomic mass is 16.5. The van der Waals surface area contributed by atoms with Gasteiger partial charge >= 0.3 is 0 Å². The Morgan fingerprint density at radius 2 is 1.87 bits per heavy atom. The van der Waals surface area contributed by atoms with Crippen LogP contribution in [-0.4, -0.2) is 44.4 Å². The lowest BCUT2D eigenvalue weighted by atomic mass is 10.2. The number of hydrogen-bond donors (Lipinski definition) is 3. The van der Waals surface area contributed by atoms with Crippen LogP contribution >= 0.6 is 0 Å². The number of methoxy groups -OCH3 is 3. The molecule has 0 spiro atoms. The second-order valence-electron chi connectivity index (χ2n) is 4.60. The van der Waals surface area contributed by atoms with E-state index in [1.54, 1.807) is 27.4 Å². The van der Waals surface area contributed by atoms with Gasteiger partial charge in [-0.15, -0.1) is 0 Å². The van der Waals surface area contributed by atoms with Crippen LogP contribution in [0.3, 0.4) is 0 Å². The normalized spacial score (nSPS) is 10.2. The van der Waals surface area contributed by atoms with E-state index >= 15 is 0 Å². The number of aromatic nitrogens is 2. The van der Waals surface area contributed by atoms with Crippen LogP contribution in [0.15, 0.2) is 24.5 Å². The molecule has 2 aromatic rings. The average Bonchev–Trinajstić information content (AvgIpc) is 2.58. The number of benzene rings is 1. The molecule has 1 aromatic carbocycles. The summed E-state index contributed by atoms with van der Waals surface area (Å²) in [5.74, 6) is 2.36. The van der Waals surface area contributed by atoms with Gasteiger partial charge in [0, 0.05) is 19.7 Å². The molecule has 1 aromatic heterocycles. The molecule has 8 nitrogen and oxygen atoms in total. The minimum atomic E-state index is 0.418. The highest BCUT2D eigenvalue weighted by Gasteiger charge is 2.11. The maximum atomic E-state index is 6.10. The van der Waals surface area contributed by atoms with E-state index in [1.165, 1.54) is 6.33 Å². The van der Waals surface area contributed by atoms with Crippen molar-refractivity contribution in [1.82, 2.24) is 9.97 Å². The summed E-state index contributed by atoms with van der Waals surface area (Å²) in [5.41, 5.74) is 7.25. The molecule has 8 heteroatoms. The largest absolute Gasteiger partial charge is 0.497 e. The van der Waals surface area contributed by atoms with Gasteiger partial charge in [-0.3, -0.25) is 0 Å². The third-order valence-corrected chi connectivity index (χ3v) is 3.14. The number of nitrogen functional groups attached to an aromatic ring is 1. The van der Waals surface area contributed by atoms with Crippen molar-refractivity contribution in [3.8, 4) is 11.5 Å². The molecule has 0 bridgehead atoms. The molecule has 23 heavy (non-hydrogen) atoms. The molecule has 0 aliphatic carbocycles. The van der Waals surface area contributed by atoms with Crippen molar-refractivity contribution in [3.05, 3.63) is 24.5 Å². The number of nitrogens with one attached hydrogen (secondary N) is 2. The van der Waals surface area contributed by atoms with Gasteiger partial charge in [0.25, 0.3) is 0 Å². The number of nitrogens with two attached hydrogens (primary N) is 1. The van der Waals surface area contributed by atoms with Gasteiger partial charge in [0.2, 0.25) is 0 Å². The second kappa shape index (κ2) is 8.04. The van der Waals surface area contributed by atoms with E-state index in [2.05, 4.69) is 20.6 Å². The predicted octanol–water partition coefficient (Wildman–Crippen LogP) is 1.88. The smallest absolute Gasteiger partial charge is 0.159 e. The SMILES string of the molecule is COCCNc1ncnc(Nc2ccc(OC)cc2OC)c1N. The topological polar surface area (TPSA) is 104 Å². The highest BCUT2D eigenvalue weighted by Crippen LogP contribution is 2.33. The molecule has 0 saturated heterocycles. The van der Waals surface area contributed by atoms with E-state index in [4.69, 9.17) is 19.9 Å². The standard InChI is InChI=1S/C15H21N5O3/c1-21-7-6-17-14-13(16)15(19-9-18-14)20-11-5-4-10(22-2)8-12(11)23-3/h4-5,8-9H,6-7,16H2,1-3H3,(H2,17,18,19,20). The zero-order valence-corrected chi connectivity index (χ0v) is 13.4. The van der Waals surface area contributed by atoms with Gasteiger partial charge in [0.05, 0.1) is 26.5 Å². The maximum Gasteiger partial charge on any atom is 0.159 e. The fourth-order valence-corrected chi connectivity index (χ4v) is 1.94. The summed E-state index contributed by atoms with van der Waals surface area (Å²) in [4.78, 5) is 8.30. The Morgan fingerprint density at radius 3 is 2.57 bits per heavy atom. The molecule has 0 amide bonds. The van der Waals surface area contributed by atoms with E-state index in [-0.39, 0.29) is 0 Å². The molecule has 0 fully saturated rings. The first kappa shape index (κ1) is 16.6. The van der Waals surface area contributed by atoms with Gasteiger partial charge in [-0.2, -0.15) is 0 Å². The quantitative estimate of drug-likeness (QED) is 0.634. The Balaban J connectivity index is 2.21. The first-order valence-corrected chi connectivity index (χ1v) is 7.02. The first-order chi connectivity index (χ1) is 11.2. The Hall–Kier alpha value is -2.74. The molecule has 0 aliphatic heterocycles. The van der Waals surface area contributed by atoms with Crippen LogP contribution < -0.4 is 25.8 Å². The summed E-state index contributed by atoms with van der Waals surface area (Å²) < 4.78 is 15.5. The van der Waals surface area contributed by atoms with Crippen molar-refractivity contribution in [2.45, 2.75) is 0 Å². The van der Waals surface area contributed by atoms with Crippen LogP contribution in [0.5, 0.6) is 11.5 Å². The van der Waals surface area contributed by atoms with Crippen LogP contribution in [0.1, 0.15) is 0 Å². The van der Waals surface area contributed by atoms with Crippen LogP contribution in [0, 0.1) is 0 Å². The van der Waals surface area contributed by atoms with Crippen LogP contribution in [0.4, 0.5) is 23.0 Å². The van der Waals surface area contributed by atoms with Crippen molar-refractivity contribution < 1.29 is 14.2 Å². The number of nitrogens with zero attached hydrogens (tertiary/aromatic N) is 2. The Morgan fingerprint density at radius 1 is 1.09 bits per heavy atom. The predicted molar refractivity (Wildman–Crippen MR) is 89.6 cm³/mol. The zero-order valence-electron chi connectivity index (χ0n) is 13.4. The summed E-state index contributed by atoms with van der Waals surface area (Å²) in [6, 6.07) is 5.43. The van der Waals surface area contributed by atoms with Crippen molar-refractivity contribution in [1.29, 1.82) is 0 Å². The van der Waals surface area contributed by atoms with Crippen molar-refractivity contribution >= 4 is 23.0 Å². The molecule has 124 valence electrons. The number of anilines is 4. The molecule has 1 heterocycles. The summed E-state index contributed by atoms with van der Waals surface area (Å²) in [6.45, 7) is 1.15. The van der Waals surface area contributed by atoms with Crippen molar-refractivity contribution in [2.75, 3.05) is 50.8 Å². The Bertz CT molecular complexity index is 651. The molecule has 4 N–H and O–H groups in total. The first-order valence-electron chi connectivity index (χ1n) is 7.02. The number of hydrogen-bond acceptors (Lipinski definition) is 8. The van der Waals surface area contributed by atoms with Gasteiger partial charge in [0.1, 0.15) is 23.5 Å². The van der Waals surface area contributed by atoms with E-state index in [0.717, 1.165) is 5.69 Å². The second-order valence-corrected chi connectivity index (χ2v) is 4.60. The number of rotatable bonds is 8. The van der Waals surface area contributed by atoms with Gasteiger partial charge < -0.3 is 30.6 Å². The van der Waals surface area contributed by atoms with E-state index in [0.29, 0.717) is 42.0 Å². The van der Waals surface area contributed by atoms with E-state index < -0.39 is 0 Å². The number of ether oxygens (including phenoxy) is 3. The van der Waals surface area contributed by atoms with Gasteiger partial charge in [0.15, 0.2) is 11.6 Å². The van der Waals surface area contributed by atoms with Crippen LogP contribution in [0.25, 0.3) is 0 Å². The molecule has 0 unspecified atom stereocenters.